The smallest absolute Gasteiger partial charge is 0.308 e. The molecular weight excluding hydrogens is 190 g/mol. The molecule has 0 fully saturated rings. The molecule has 0 spiro atoms. The van der Waals surface area contributed by atoms with Crippen LogP contribution in [0.4, 0.5) is 0 Å². The van der Waals surface area contributed by atoms with E-state index in [1.54, 1.807) is 0 Å². The molecule has 0 radical (unpaired) electrons. The minimum absolute atomic E-state index is 0.0244. The average Bonchev–Trinajstić information content (AvgIpc) is 2.63. The van der Waals surface area contributed by atoms with E-state index in [1.165, 1.54) is 5.56 Å². The van der Waals surface area contributed by atoms with E-state index in [2.05, 4.69) is 11.4 Å². The van der Waals surface area contributed by atoms with Crippen LogP contribution in [-0.4, -0.2) is 11.1 Å². The van der Waals surface area contributed by atoms with Crippen molar-refractivity contribution in [2.45, 2.75) is 25.9 Å². The molecule has 0 bridgehead atoms. The van der Waals surface area contributed by atoms with Crippen LogP contribution in [0.1, 0.15) is 30.5 Å². The van der Waals surface area contributed by atoms with Gasteiger partial charge in [0.1, 0.15) is 0 Å². The lowest BCUT2D eigenvalue weighted by molar-refractivity contribution is -0.142. The van der Waals surface area contributed by atoms with E-state index in [1.807, 2.05) is 25.1 Å². The predicted octanol–water partition coefficient (Wildman–Crippen LogP) is 1.94. The second-order valence-corrected chi connectivity index (χ2v) is 3.91. The number of hydrogen-bond donors (Lipinski definition) is 2. The first-order chi connectivity index (χ1) is 7.24. The van der Waals surface area contributed by atoms with Crippen molar-refractivity contribution < 1.29 is 9.90 Å². The van der Waals surface area contributed by atoms with Crippen LogP contribution in [0, 0.1) is 5.92 Å². The monoisotopic (exact) mass is 205 g/mol. The second-order valence-electron chi connectivity index (χ2n) is 3.91. The van der Waals surface area contributed by atoms with Crippen molar-refractivity contribution in [1.29, 1.82) is 0 Å². The van der Waals surface area contributed by atoms with Crippen molar-refractivity contribution in [3.05, 3.63) is 35.4 Å². The summed E-state index contributed by atoms with van der Waals surface area (Å²) in [5.74, 6) is -1.04. The zero-order chi connectivity index (χ0) is 10.8. The molecule has 2 unspecified atom stereocenters. The molecule has 0 saturated heterocycles. The maximum absolute atomic E-state index is 11.1. The Morgan fingerprint density at radius 3 is 3.00 bits per heavy atom. The molecule has 15 heavy (non-hydrogen) atoms. The van der Waals surface area contributed by atoms with Gasteiger partial charge in [0.15, 0.2) is 0 Å². The minimum atomic E-state index is -0.716. The lowest BCUT2D eigenvalue weighted by Crippen LogP contribution is -2.27. The van der Waals surface area contributed by atoms with E-state index in [0.29, 0.717) is 6.42 Å². The highest BCUT2D eigenvalue weighted by Crippen LogP contribution is 2.32. The summed E-state index contributed by atoms with van der Waals surface area (Å²) in [5, 5.41) is 12.4. The zero-order valence-electron chi connectivity index (χ0n) is 8.73. The summed E-state index contributed by atoms with van der Waals surface area (Å²) in [6.45, 7) is 2.70. The number of rotatable bonds is 3. The number of fused-ring (bicyclic) bond motifs is 1. The molecule has 1 aliphatic heterocycles. The summed E-state index contributed by atoms with van der Waals surface area (Å²) in [4.78, 5) is 11.1. The van der Waals surface area contributed by atoms with Gasteiger partial charge in [0.2, 0.25) is 0 Å². The van der Waals surface area contributed by atoms with Crippen LogP contribution in [0.15, 0.2) is 24.3 Å². The number of nitrogens with one attached hydrogen (secondary N) is 1. The molecule has 2 N–H and O–H groups in total. The molecule has 0 aliphatic carbocycles. The summed E-state index contributed by atoms with van der Waals surface area (Å²) in [6, 6.07) is 8.00. The zero-order valence-corrected chi connectivity index (χ0v) is 8.73. The van der Waals surface area contributed by atoms with E-state index >= 15 is 0 Å². The molecule has 2 rings (SSSR count). The molecule has 1 aliphatic rings. The Labute approximate surface area is 89.1 Å². The van der Waals surface area contributed by atoms with Gasteiger partial charge < -0.3 is 10.4 Å². The third-order valence-electron chi connectivity index (χ3n) is 3.06. The van der Waals surface area contributed by atoms with Crippen molar-refractivity contribution in [2.24, 2.45) is 5.92 Å². The second kappa shape index (κ2) is 4.03. The van der Waals surface area contributed by atoms with Gasteiger partial charge in [-0.2, -0.15) is 0 Å². The van der Waals surface area contributed by atoms with Crippen LogP contribution in [-0.2, 0) is 11.3 Å². The van der Waals surface area contributed by atoms with Crippen LogP contribution >= 0.6 is 0 Å². The van der Waals surface area contributed by atoms with E-state index in [4.69, 9.17) is 5.11 Å². The number of carboxylic acids is 1. The van der Waals surface area contributed by atoms with Crippen molar-refractivity contribution in [1.82, 2.24) is 5.32 Å². The lowest BCUT2D eigenvalue weighted by Gasteiger charge is -2.19. The van der Waals surface area contributed by atoms with Crippen molar-refractivity contribution >= 4 is 5.97 Å². The van der Waals surface area contributed by atoms with Gasteiger partial charge in [-0.25, -0.2) is 0 Å². The quantitative estimate of drug-likeness (QED) is 0.792. The highest BCUT2D eigenvalue weighted by Gasteiger charge is 2.32. The average molecular weight is 205 g/mol. The van der Waals surface area contributed by atoms with Gasteiger partial charge in [-0.05, 0) is 17.5 Å². The summed E-state index contributed by atoms with van der Waals surface area (Å²) < 4.78 is 0. The maximum atomic E-state index is 11.1. The SMILES string of the molecule is CCC(C(=O)O)C1NCc2ccccc21. The fourth-order valence-corrected chi connectivity index (χ4v) is 2.24. The molecular formula is C12H15NO2. The molecule has 80 valence electrons. The lowest BCUT2D eigenvalue weighted by atomic mass is 9.91. The van der Waals surface area contributed by atoms with Crippen molar-refractivity contribution in [3.8, 4) is 0 Å². The first kappa shape index (κ1) is 10.2. The van der Waals surface area contributed by atoms with Gasteiger partial charge in [0.05, 0.1) is 5.92 Å². The van der Waals surface area contributed by atoms with Crippen LogP contribution < -0.4 is 5.32 Å². The first-order valence-electron chi connectivity index (χ1n) is 5.28. The maximum Gasteiger partial charge on any atom is 0.308 e. The summed E-state index contributed by atoms with van der Waals surface area (Å²) in [6.07, 6.45) is 0.654. The van der Waals surface area contributed by atoms with Crippen LogP contribution in [0.2, 0.25) is 0 Å². The molecule has 0 aromatic heterocycles. The third kappa shape index (κ3) is 1.75. The van der Waals surface area contributed by atoms with E-state index in [-0.39, 0.29) is 12.0 Å². The van der Waals surface area contributed by atoms with Gasteiger partial charge >= 0.3 is 5.97 Å². The van der Waals surface area contributed by atoms with E-state index < -0.39 is 5.97 Å². The van der Waals surface area contributed by atoms with Crippen LogP contribution in [0.5, 0.6) is 0 Å². The largest absolute Gasteiger partial charge is 0.481 e. The Morgan fingerprint density at radius 2 is 2.33 bits per heavy atom. The van der Waals surface area contributed by atoms with Gasteiger partial charge in [0.25, 0.3) is 0 Å². The Hall–Kier alpha value is -1.35. The molecule has 1 heterocycles. The standard InChI is InChI=1S/C12H15NO2/c1-2-9(12(14)15)11-10-6-4-3-5-8(10)7-13-11/h3-6,9,11,13H,2,7H2,1H3,(H,14,15). The van der Waals surface area contributed by atoms with Gasteiger partial charge in [-0.1, -0.05) is 31.2 Å². The highest BCUT2D eigenvalue weighted by molar-refractivity contribution is 5.71. The minimum Gasteiger partial charge on any atom is -0.481 e. The molecule has 1 aromatic rings. The third-order valence-corrected chi connectivity index (χ3v) is 3.06. The predicted molar refractivity (Wildman–Crippen MR) is 57.4 cm³/mol. The number of carboxylic acid groups (broad SMARTS) is 1. The fraction of sp³-hybridized carbons (Fsp3) is 0.417. The van der Waals surface area contributed by atoms with Gasteiger partial charge in [-0.3, -0.25) is 4.79 Å². The molecule has 0 saturated carbocycles. The first-order valence-corrected chi connectivity index (χ1v) is 5.28. The Kier molecular flexibility index (Phi) is 2.73. The molecule has 0 amide bonds. The summed E-state index contributed by atoms with van der Waals surface area (Å²) in [7, 11) is 0. The van der Waals surface area contributed by atoms with Crippen molar-refractivity contribution in [2.75, 3.05) is 0 Å². The highest BCUT2D eigenvalue weighted by atomic mass is 16.4. The fourth-order valence-electron chi connectivity index (χ4n) is 2.24. The number of carbonyl (C=O) groups is 1. The van der Waals surface area contributed by atoms with Gasteiger partial charge in [0, 0.05) is 12.6 Å². The van der Waals surface area contributed by atoms with E-state index in [0.717, 1.165) is 12.1 Å². The molecule has 2 atom stereocenters. The number of aliphatic carboxylic acids is 1. The number of benzene rings is 1. The normalized spacial score (nSPS) is 21.0. The molecule has 3 nitrogen and oxygen atoms in total. The van der Waals surface area contributed by atoms with Gasteiger partial charge in [-0.15, -0.1) is 0 Å². The topological polar surface area (TPSA) is 49.3 Å². The van der Waals surface area contributed by atoms with Crippen LogP contribution in [0.3, 0.4) is 0 Å². The Balaban J connectivity index is 2.30. The Bertz CT molecular complexity index is 376. The van der Waals surface area contributed by atoms with Crippen LogP contribution in [0.25, 0.3) is 0 Å². The summed E-state index contributed by atoms with van der Waals surface area (Å²) in [5.41, 5.74) is 2.37. The Morgan fingerprint density at radius 1 is 1.60 bits per heavy atom. The van der Waals surface area contributed by atoms with E-state index in [9.17, 15) is 4.79 Å². The molecule has 3 heteroatoms. The number of hydrogen-bond acceptors (Lipinski definition) is 2. The summed E-state index contributed by atoms with van der Waals surface area (Å²) >= 11 is 0. The van der Waals surface area contributed by atoms with Crippen molar-refractivity contribution in [3.63, 3.8) is 0 Å². The molecule has 1 aromatic carbocycles.